The molecule has 4 rings (SSSR count). The third kappa shape index (κ3) is 6.07. The molecule has 0 saturated heterocycles. The first-order valence-electron chi connectivity index (χ1n) is 12.4. The molecule has 194 valence electrons. The number of anilines is 2. The highest BCUT2D eigenvalue weighted by atomic mass is 79.9. The van der Waals surface area contributed by atoms with Gasteiger partial charge in [-0.25, -0.2) is 4.98 Å². The normalized spacial score (nSPS) is 18.8. The van der Waals surface area contributed by atoms with Gasteiger partial charge in [-0.1, -0.05) is 32.8 Å². The lowest BCUT2D eigenvalue weighted by Gasteiger charge is -2.32. The van der Waals surface area contributed by atoms with Crippen molar-refractivity contribution in [3.63, 3.8) is 0 Å². The van der Waals surface area contributed by atoms with Gasteiger partial charge in [0.25, 0.3) is 0 Å². The fraction of sp³-hybridized carbons (Fsp3) is 0.520. The van der Waals surface area contributed by atoms with E-state index < -0.39 is 6.04 Å². The van der Waals surface area contributed by atoms with Crippen LogP contribution in [0.25, 0.3) is 5.65 Å². The summed E-state index contributed by atoms with van der Waals surface area (Å²) in [6, 6.07) is 4.81. The molecule has 0 aromatic carbocycles. The van der Waals surface area contributed by atoms with Crippen molar-refractivity contribution in [1.82, 2.24) is 19.2 Å². The third-order valence-electron chi connectivity index (χ3n) is 6.72. The summed E-state index contributed by atoms with van der Waals surface area (Å²) < 4.78 is 9.68. The van der Waals surface area contributed by atoms with Gasteiger partial charge < -0.3 is 25.7 Å². The molecule has 3 atom stereocenters. The minimum atomic E-state index is -0.607. The molecule has 0 amide bonds. The summed E-state index contributed by atoms with van der Waals surface area (Å²) in [7, 11) is 1.73. The number of carbonyl (C=O) groups excluding carboxylic acids is 1. The second-order valence-corrected chi connectivity index (χ2v) is 10.6. The fourth-order valence-electron chi connectivity index (χ4n) is 4.43. The first-order chi connectivity index (χ1) is 17.2. The molecule has 11 heteroatoms. The highest BCUT2D eigenvalue weighted by molar-refractivity contribution is 9.10. The Balaban J connectivity index is 1.50. The topological polar surface area (TPSA) is 129 Å². The lowest BCUT2D eigenvalue weighted by Crippen LogP contribution is -2.40. The SMILES string of the molecule is CC(C)[C@@H](N)C(=O)OC[C@@H]1CCCC[C@@H]1Nc1cc(NCc2ccc(=O)n(C)c2)n2ncc(Br)c2n1. The van der Waals surface area contributed by atoms with Crippen LogP contribution in [0.1, 0.15) is 45.1 Å². The van der Waals surface area contributed by atoms with Gasteiger partial charge in [0.1, 0.15) is 17.7 Å². The molecular formula is C25H34BrN7O3. The summed E-state index contributed by atoms with van der Waals surface area (Å²) in [5, 5.41) is 11.4. The van der Waals surface area contributed by atoms with Crippen LogP contribution in [0.3, 0.4) is 0 Å². The van der Waals surface area contributed by atoms with Crippen molar-refractivity contribution in [2.24, 2.45) is 24.6 Å². The number of ether oxygens (including phenoxy) is 1. The predicted molar refractivity (Wildman–Crippen MR) is 143 cm³/mol. The molecule has 0 radical (unpaired) electrons. The quantitative estimate of drug-likeness (QED) is 0.340. The van der Waals surface area contributed by atoms with E-state index in [1.54, 1.807) is 28.4 Å². The zero-order valence-electron chi connectivity index (χ0n) is 20.9. The van der Waals surface area contributed by atoms with E-state index >= 15 is 0 Å². The number of nitrogens with zero attached hydrogens (tertiary/aromatic N) is 4. The van der Waals surface area contributed by atoms with E-state index in [9.17, 15) is 9.59 Å². The first kappa shape index (κ1) is 26.2. The number of rotatable bonds is 9. The van der Waals surface area contributed by atoms with Crippen LogP contribution in [-0.2, 0) is 23.1 Å². The van der Waals surface area contributed by atoms with Crippen LogP contribution < -0.4 is 21.9 Å². The van der Waals surface area contributed by atoms with E-state index in [1.807, 2.05) is 32.2 Å². The van der Waals surface area contributed by atoms with Gasteiger partial charge in [-0.3, -0.25) is 9.59 Å². The monoisotopic (exact) mass is 559 g/mol. The number of esters is 1. The lowest BCUT2D eigenvalue weighted by atomic mass is 9.85. The molecule has 3 heterocycles. The molecular weight excluding hydrogens is 526 g/mol. The zero-order chi connectivity index (χ0) is 25.8. The molecule has 10 nitrogen and oxygen atoms in total. The van der Waals surface area contributed by atoms with E-state index in [4.69, 9.17) is 15.5 Å². The molecule has 0 aliphatic heterocycles. The van der Waals surface area contributed by atoms with Crippen molar-refractivity contribution >= 4 is 39.2 Å². The largest absolute Gasteiger partial charge is 0.464 e. The van der Waals surface area contributed by atoms with E-state index in [0.717, 1.165) is 41.5 Å². The van der Waals surface area contributed by atoms with Gasteiger partial charge in [-0.15, -0.1) is 0 Å². The maximum Gasteiger partial charge on any atom is 0.323 e. The van der Waals surface area contributed by atoms with Crippen molar-refractivity contribution in [2.75, 3.05) is 17.2 Å². The minimum Gasteiger partial charge on any atom is -0.464 e. The number of halogens is 1. The standard InChI is InChI=1S/C25H34BrN7O3/c1-15(2)23(27)25(35)36-14-17-6-4-5-7-19(17)30-20-10-21(33-24(31-20)18(26)12-29-33)28-11-16-8-9-22(34)32(3)13-16/h8-10,12-13,15,17,19,23,28H,4-7,11,14,27H2,1-3H3,(H,30,31)/t17-,19-,23+/m0/s1. The number of aromatic nitrogens is 4. The van der Waals surface area contributed by atoms with Crippen LogP contribution >= 0.6 is 15.9 Å². The number of fused-ring (bicyclic) bond motifs is 1. The fourth-order valence-corrected chi connectivity index (χ4v) is 4.78. The van der Waals surface area contributed by atoms with Crippen LogP contribution in [0.4, 0.5) is 11.6 Å². The molecule has 1 fully saturated rings. The van der Waals surface area contributed by atoms with Crippen molar-refractivity contribution < 1.29 is 9.53 Å². The van der Waals surface area contributed by atoms with Crippen molar-refractivity contribution in [1.29, 1.82) is 0 Å². The predicted octanol–water partition coefficient (Wildman–Crippen LogP) is 3.30. The van der Waals surface area contributed by atoms with E-state index in [-0.39, 0.29) is 29.4 Å². The number of pyridine rings is 1. The highest BCUT2D eigenvalue weighted by Gasteiger charge is 2.28. The molecule has 1 aliphatic rings. The zero-order valence-corrected chi connectivity index (χ0v) is 22.5. The molecule has 1 saturated carbocycles. The summed E-state index contributed by atoms with van der Waals surface area (Å²) in [6.45, 7) is 4.69. The molecule has 0 unspecified atom stereocenters. The number of hydrogen-bond acceptors (Lipinski definition) is 8. The molecule has 0 bridgehead atoms. The van der Waals surface area contributed by atoms with Gasteiger partial charge in [-0.2, -0.15) is 9.61 Å². The van der Waals surface area contributed by atoms with Gasteiger partial charge in [0.05, 0.1) is 17.3 Å². The maximum atomic E-state index is 12.3. The van der Waals surface area contributed by atoms with Crippen LogP contribution in [0, 0.1) is 11.8 Å². The van der Waals surface area contributed by atoms with Gasteiger partial charge in [0.15, 0.2) is 5.65 Å². The number of aryl methyl sites for hydroxylation is 1. The van der Waals surface area contributed by atoms with Crippen molar-refractivity contribution in [3.8, 4) is 0 Å². The van der Waals surface area contributed by atoms with Crippen LogP contribution in [0.15, 0.2) is 39.9 Å². The second-order valence-electron chi connectivity index (χ2n) is 9.79. The van der Waals surface area contributed by atoms with Crippen LogP contribution in [-0.4, -0.2) is 43.8 Å². The lowest BCUT2D eigenvalue weighted by molar-refractivity contribution is -0.148. The van der Waals surface area contributed by atoms with E-state index in [2.05, 4.69) is 31.7 Å². The van der Waals surface area contributed by atoms with E-state index in [1.165, 1.54) is 0 Å². The molecule has 36 heavy (non-hydrogen) atoms. The summed E-state index contributed by atoms with van der Waals surface area (Å²) in [5.74, 6) is 1.35. The Bertz CT molecular complexity index is 1270. The Hall–Kier alpha value is -2.92. The molecule has 3 aromatic heterocycles. The van der Waals surface area contributed by atoms with E-state index in [0.29, 0.717) is 24.6 Å². The maximum absolute atomic E-state index is 12.3. The Morgan fingerprint density at radius 1 is 1.31 bits per heavy atom. The summed E-state index contributed by atoms with van der Waals surface area (Å²) in [5.41, 5.74) is 7.56. The minimum absolute atomic E-state index is 0.0366. The Kier molecular flexibility index (Phi) is 8.30. The van der Waals surface area contributed by atoms with Crippen LogP contribution in [0.2, 0.25) is 0 Å². The van der Waals surface area contributed by atoms with Gasteiger partial charge in [0.2, 0.25) is 5.56 Å². The Morgan fingerprint density at radius 2 is 2.08 bits per heavy atom. The molecule has 1 aliphatic carbocycles. The summed E-state index contributed by atoms with van der Waals surface area (Å²) in [6.07, 6.45) is 7.66. The average molecular weight is 560 g/mol. The van der Waals surface area contributed by atoms with Crippen molar-refractivity contribution in [2.45, 2.75) is 58.2 Å². The van der Waals surface area contributed by atoms with Gasteiger partial charge >= 0.3 is 5.97 Å². The summed E-state index contributed by atoms with van der Waals surface area (Å²) in [4.78, 5) is 28.8. The van der Waals surface area contributed by atoms with Crippen molar-refractivity contribution in [3.05, 3.63) is 51.0 Å². The number of nitrogens with one attached hydrogen (secondary N) is 2. The first-order valence-corrected chi connectivity index (χ1v) is 13.1. The van der Waals surface area contributed by atoms with Gasteiger partial charge in [-0.05, 0) is 40.3 Å². The highest BCUT2D eigenvalue weighted by Crippen LogP contribution is 2.29. The number of carbonyl (C=O) groups is 1. The Labute approximate surface area is 218 Å². The molecule has 4 N–H and O–H groups in total. The smallest absolute Gasteiger partial charge is 0.323 e. The number of nitrogens with two attached hydrogens (primary N) is 1. The third-order valence-corrected chi connectivity index (χ3v) is 7.28. The summed E-state index contributed by atoms with van der Waals surface area (Å²) >= 11 is 3.54. The molecule has 0 spiro atoms. The van der Waals surface area contributed by atoms with Gasteiger partial charge in [0, 0.05) is 43.9 Å². The number of hydrogen-bond donors (Lipinski definition) is 3. The van der Waals surface area contributed by atoms with Crippen LogP contribution in [0.5, 0.6) is 0 Å². The molecule has 3 aromatic rings. The Morgan fingerprint density at radius 3 is 2.83 bits per heavy atom. The second kappa shape index (κ2) is 11.4. The average Bonchev–Trinajstić information content (AvgIpc) is 3.24.